The smallest absolute Gasteiger partial charge is 0.211 e. The van der Waals surface area contributed by atoms with E-state index in [1.807, 2.05) is 0 Å². The van der Waals surface area contributed by atoms with Crippen LogP contribution in [0.15, 0.2) is 30.3 Å². The molecule has 2 aromatic carbocycles. The summed E-state index contributed by atoms with van der Waals surface area (Å²) in [6.45, 7) is 13.5. The van der Waals surface area contributed by atoms with E-state index in [0.717, 1.165) is 51.9 Å². The highest BCUT2D eigenvalue weighted by atomic mass is 35.5. The Bertz CT molecular complexity index is 1140. The quantitative estimate of drug-likeness (QED) is 0.204. The molecule has 0 aromatic heterocycles. The Balaban J connectivity index is 0.000000287. The summed E-state index contributed by atoms with van der Waals surface area (Å²) >= 11 is 11.7. The van der Waals surface area contributed by atoms with Gasteiger partial charge in [-0.15, -0.1) is 0 Å². The van der Waals surface area contributed by atoms with Gasteiger partial charge in [0, 0.05) is 50.2 Å². The molecule has 11 heteroatoms. The maximum absolute atomic E-state index is 14.4. The number of aliphatic hydroxyl groups is 1. The van der Waals surface area contributed by atoms with Crippen LogP contribution in [-0.4, -0.2) is 68.2 Å². The number of anilines is 1. The zero-order valence-electron chi connectivity index (χ0n) is 24.9. The minimum atomic E-state index is -0.583. The standard InChI is InChI=1S/C17H14Cl2F2N2O.C9H18N2O2.C5H12/c18-13-3-1-2-9(17(13)21)11-6-22-7-12(11)10-4-15(20)14(19)5-16(10)23-8-24;12-8-10-4-1-5-11-6-2-9(13)3-7-11;1-5(2,3)4/h1-5,8,11-12,22H,6-7H2,(H,23,24);8-9,13H,1-7H2,(H,10,12);1-4H3/t11-,12+;;/m1../s1. The molecule has 2 amide bonds. The first-order valence-electron chi connectivity index (χ1n) is 14.3. The zero-order valence-corrected chi connectivity index (χ0v) is 26.4. The van der Waals surface area contributed by atoms with Gasteiger partial charge < -0.3 is 26.0 Å². The van der Waals surface area contributed by atoms with Crippen molar-refractivity contribution in [1.29, 1.82) is 0 Å². The number of carbonyl (C=O) groups is 2. The average Bonchev–Trinajstić information content (AvgIpc) is 3.40. The van der Waals surface area contributed by atoms with E-state index in [4.69, 9.17) is 23.2 Å². The summed E-state index contributed by atoms with van der Waals surface area (Å²) in [6.07, 6.45) is 3.92. The van der Waals surface area contributed by atoms with Gasteiger partial charge in [0.25, 0.3) is 0 Å². The molecule has 2 saturated heterocycles. The third-order valence-corrected chi connectivity index (χ3v) is 7.32. The fraction of sp³-hybridized carbons (Fsp3) is 0.548. The van der Waals surface area contributed by atoms with Gasteiger partial charge in [-0.25, -0.2) is 8.78 Å². The second-order valence-corrected chi connectivity index (χ2v) is 12.9. The number of rotatable bonds is 9. The van der Waals surface area contributed by atoms with Crippen molar-refractivity contribution in [1.82, 2.24) is 15.5 Å². The number of hydrogen-bond donors (Lipinski definition) is 4. The monoisotopic (exact) mass is 628 g/mol. The van der Waals surface area contributed by atoms with Crippen LogP contribution < -0.4 is 16.0 Å². The zero-order chi connectivity index (χ0) is 31.3. The van der Waals surface area contributed by atoms with Crippen LogP contribution >= 0.6 is 23.2 Å². The number of piperidine rings is 1. The maximum atomic E-state index is 14.4. The SMILES string of the molecule is CC(C)(C)C.O=CNCCCN1CCC(O)CC1.O=CNc1cc(Cl)c(F)cc1[C@@H]1CNC[C@@H]1c1cccc(Cl)c1F. The molecule has 2 aliphatic heterocycles. The van der Waals surface area contributed by atoms with Gasteiger partial charge in [-0.2, -0.15) is 0 Å². The number of aliphatic hydroxyl groups excluding tert-OH is 1. The molecule has 4 rings (SSSR count). The number of likely N-dealkylation sites (tertiary alicyclic amines) is 1. The van der Waals surface area contributed by atoms with Gasteiger partial charge in [0.2, 0.25) is 12.8 Å². The summed E-state index contributed by atoms with van der Waals surface area (Å²) in [5.74, 6) is -1.53. The van der Waals surface area contributed by atoms with Crippen molar-refractivity contribution in [2.45, 2.75) is 64.9 Å². The lowest BCUT2D eigenvalue weighted by Gasteiger charge is -2.29. The van der Waals surface area contributed by atoms with Crippen molar-refractivity contribution >= 4 is 41.7 Å². The lowest BCUT2D eigenvalue weighted by molar-refractivity contribution is -0.109. The summed E-state index contributed by atoms with van der Waals surface area (Å²) in [4.78, 5) is 23.1. The highest BCUT2D eigenvalue weighted by Gasteiger charge is 2.34. The predicted molar refractivity (Wildman–Crippen MR) is 166 cm³/mol. The van der Waals surface area contributed by atoms with E-state index in [1.54, 1.807) is 12.1 Å². The number of benzene rings is 2. The largest absolute Gasteiger partial charge is 0.393 e. The topological polar surface area (TPSA) is 93.7 Å². The van der Waals surface area contributed by atoms with Gasteiger partial charge in [0.05, 0.1) is 16.1 Å². The van der Waals surface area contributed by atoms with Crippen molar-refractivity contribution in [2.75, 3.05) is 44.6 Å². The fourth-order valence-corrected chi connectivity index (χ4v) is 5.15. The van der Waals surface area contributed by atoms with Crippen molar-refractivity contribution < 1.29 is 23.5 Å². The van der Waals surface area contributed by atoms with E-state index in [1.165, 1.54) is 18.2 Å². The van der Waals surface area contributed by atoms with E-state index >= 15 is 0 Å². The normalized spacial score (nSPS) is 19.2. The molecular weight excluding hydrogens is 585 g/mol. The number of nitrogens with zero attached hydrogens (tertiary/aromatic N) is 1. The Hall–Kier alpha value is -2.30. The lowest BCUT2D eigenvalue weighted by atomic mass is 9.83. The fourth-order valence-electron chi connectivity index (χ4n) is 4.80. The molecule has 7 nitrogen and oxygen atoms in total. The minimum Gasteiger partial charge on any atom is -0.393 e. The Kier molecular flexibility index (Phi) is 15.2. The summed E-state index contributed by atoms with van der Waals surface area (Å²) in [5.41, 5.74) is 1.95. The predicted octanol–water partition coefficient (Wildman–Crippen LogP) is 5.94. The van der Waals surface area contributed by atoms with Crippen LogP contribution in [0.5, 0.6) is 0 Å². The van der Waals surface area contributed by atoms with Crippen molar-refractivity contribution in [3.05, 3.63) is 63.1 Å². The maximum Gasteiger partial charge on any atom is 0.211 e. The van der Waals surface area contributed by atoms with Crippen LogP contribution in [0.4, 0.5) is 14.5 Å². The van der Waals surface area contributed by atoms with Crippen LogP contribution in [0.2, 0.25) is 10.0 Å². The number of amides is 2. The Morgan fingerprint density at radius 1 is 1.00 bits per heavy atom. The molecule has 234 valence electrons. The second-order valence-electron chi connectivity index (χ2n) is 12.1. The van der Waals surface area contributed by atoms with E-state index in [-0.39, 0.29) is 28.0 Å². The summed E-state index contributed by atoms with van der Waals surface area (Å²) in [7, 11) is 0. The molecule has 0 unspecified atom stereocenters. The average molecular weight is 630 g/mol. The van der Waals surface area contributed by atoms with E-state index in [0.29, 0.717) is 41.7 Å². The van der Waals surface area contributed by atoms with E-state index < -0.39 is 11.6 Å². The van der Waals surface area contributed by atoms with Gasteiger partial charge in [-0.3, -0.25) is 9.59 Å². The molecule has 0 saturated carbocycles. The van der Waals surface area contributed by atoms with E-state index in [2.05, 4.69) is 48.5 Å². The highest BCUT2D eigenvalue weighted by molar-refractivity contribution is 6.31. The molecule has 2 aromatic rings. The van der Waals surface area contributed by atoms with Crippen LogP contribution in [0.3, 0.4) is 0 Å². The molecule has 0 bridgehead atoms. The molecule has 0 aliphatic carbocycles. The summed E-state index contributed by atoms with van der Waals surface area (Å²) < 4.78 is 28.4. The molecule has 4 N–H and O–H groups in total. The number of halogens is 4. The lowest BCUT2D eigenvalue weighted by Crippen LogP contribution is -2.37. The molecule has 0 spiro atoms. The van der Waals surface area contributed by atoms with Gasteiger partial charge in [-0.1, -0.05) is 63.0 Å². The Morgan fingerprint density at radius 2 is 1.62 bits per heavy atom. The Morgan fingerprint density at radius 3 is 2.21 bits per heavy atom. The first kappa shape index (κ1) is 35.9. The summed E-state index contributed by atoms with van der Waals surface area (Å²) in [6, 6.07) is 7.50. The molecular formula is C31H44Cl2F2N4O3. The first-order chi connectivity index (χ1) is 19.8. The van der Waals surface area contributed by atoms with E-state index in [9.17, 15) is 23.5 Å². The molecule has 42 heavy (non-hydrogen) atoms. The van der Waals surface area contributed by atoms with Gasteiger partial charge in [0.15, 0.2) is 0 Å². The van der Waals surface area contributed by atoms with Crippen LogP contribution in [0.25, 0.3) is 0 Å². The van der Waals surface area contributed by atoms with Crippen LogP contribution in [0.1, 0.15) is 69.9 Å². The Labute approximate surface area is 258 Å². The second kappa shape index (κ2) is 17.7. The van der Waals surface area contributed by atoms with Crippen molar-refractivity contribution in [2.24, 2.45) is 5.41 Å². The molecule has 2 heterocycles. The van der Waals surface area contributed by atoms with Crippen LogP contribution in [0, 0.1) is 17.0 Å². The van der Waals surface area contributed by atoms with Gasteiger partial charge >= 0.3 is 0 Å². The third kappa shape index (κ3) is 12.1. The van der Waals surface area contributed by atoms with Gasteiger partial charge in [-0.05, 0) is 60.5 Å². The minimum absolute atomic E-state index is 0.0478. The molecule has 2 aliphatic rings. The number of hydrogen-bond acceptors (Lipinski definition) is 5. The first-order valence-corrected chi connectivity index (χ1v) is 15.0. The molecule has 2 atom stereocenters. The molecule has 0 radical (unpaired) electrons. The van der Waals surface area contributed by atoms with Gasteiger partial charge in [0.1, 0.15) is 11.6 Å². The van der Waals surface area contributed by atoms with Crippen LogP contribution in [-0.2, 0) is 9.59 Å². The highest BCUT2D eigenvalue weighted by Crippen LogP contribution is 2.42. The number of nitrogens with one attached hydrogen (secondary N) is 3. The summed E-state index contributed by atoms with van der Waals surface area (Å²) in [5, 5.41) is 17.6. The third-order valence-electron chi connectivity index (χ3n) is 6.74. The molecule has 2 fully saturated rings. The van der Waals surface area contributed by atoms with Crippen molar-refractivity contribution in [3.63, 3.8) is 0 Å². The van der Waals surface area contributed by atoms with Crippen molar-refractivity contribution in [3.8, 4) is 0 Å². The number of carbonyl (C=O) groups excluding carboxylic acids is 2.